The second kappa shape index (κ2) is 7.19. The topological polar surface area (TPSA) is 55.1 Å². The lowest BCUT2D eigenvalue weighted by atomic mass is 10.0. The van der Waals surface area contributed by atoms with E-state index in [9.17, 15) is 13.6 Å². The number of amides is 1. The van der Waals surface area contributed by atoms with Crippen molar-refractivity contribution >= 4 is 5.91 Å². The Balaban J connectivity index is 2.62. The molecule has 0 aliphatic heterocycles. The third-order valence-corrected chi connectivity index (χ3v) is 2.79. The van der Waals surface area contributed by atoms with Crippen LogP contribution in [0.1, 0.15) is 25.8 Å². The Labute approximate surface area is 112 Å². The molecule has 1 rings (SSSR count). The first-order chi connectivity index (χ1) is 8.93. The molecule has 0 aliphatic carbocycles. The van der Waals surface area contributed by atoms with Crippen molar-refractivity contribution in [3.8, 4) is 0 Å². The van der Waals surface area contributed by atoms with E-state index >= 15 is 0 Å². The van der Waals surface area contributed by atoms with Gasteiger partial charge in [-0.1, -0.05) is 26.0 Å². The van der Waals surface area contributed by atoms with Crippen LogP contribution in [0.25, 0.3) is 0 Å². The average molecular weight is 270 g/mol. The summed E-state index contributed by atoms with van der Waals surface area (Å²) >= 11 is 0. The Morgan fingerprint density at radius 3 is 2.63 bits per heavy atom. The quantitative estimate of drug-likeness (QED) is 0.830. The maximum absolute atomic E-state index is 13.4. The molecule has 106 valence electrons. The minimum Gasteiger partial charge on any atom is -0.352 e. The molecule has 0 bridgehead atoms. The van der Waals surface area contributed by atoms with Gasteiger partial charge in [-0.25, -0.2) is 8.78 Å². The molecular formula is C14H20F2N2O. The van der Waals surface area contributed by atoms with Crippen LogP contribution in [0.5, 0.6) is 0 Å². The summed E-state index contributed by atoms with van der Waals surface area (Å²) in [5, 5.41) is 2.74. The molecular weight excluding hydrogens is 250 g/mol. The van der Waals surface area contributed by atoms with E-state index in [1.165, 1.54) is 12.1 Å². The SMILES string of the molecule is CC(C)CC(CN)NC(=O)Cc1cccc(F)c1F. The van der Waals surface area contributed by atoms with Crippen LogP contribution in [-0.4, -0.2) is 18.5 Å². The third-order valence-electron chi connectivity index (χ3n) is 2.79. The maximum Gasteiger partial charge on any atom is 0.224 e. The van der Waals surface area contributed by atoms with Crippen LogP contribution < -0.4 is 11.1 Å². The smallest absolute Gasteiger partial charge is 0.224 e. The van der Waals surface area contributed by atoms with Crippen LogP contribution in [0.15, 0.2) is 18.2 Å². The van der Waals surface area contributed by atoms with E-state index in [0.29, 0.717) is 12.5 Å². The first-order valence-electron chi connectivity index (χ1n) is 6.36. The van der Waals surface area contributed by atoms with Crippen molar-refractivity contribution in [1.29, 1.82) is 0 Å². The van der Waals surface area contributed by atoms with Crippen molar-refractivity contribution in [3.63, 3.8) is 0 Å². The second-order valence-corrected chi connectivity index (χ2v) is 5.02. The van der Waals surface area contributed by atoms with Crippen LogP contribution in [0.4, 0.5) is 8.78 Å². The number of nitrogens with one attached hydrogen (secondary N) is 1. The van der Waals surface area contributed by atoms with Crippen molar-refractivity contribution in [2.24, 2.45) is 11.7 Å². The Morgan fingerprint density at radius 2 is 2.05 bits per heavy atom. The number of carbonyl (C=O) groups is 1. The molecule has 0 saturated carbocycles. The molecule has 1 unspecified atom stereocenters. The molecule has 19 heavy (non-hydrogen) atoms. The Morgan fingerprint density at radius 1 is 1.37 bits per heavy atom. The number of rotatable bonds is 6. The summed E-state index contributed by atoms with van der Waals surface area (Å²) in [5.74, 6) is -1.85. The van der Waals surface area contributed by atoms with E-state index in [2.05, 4.69) is 5.32 Å². The molecule has 1 aromatic carbocycles. The molecule has 0 heterocycles. The molecule has 1 amide bonds. The summed E-state index contributed by atoms with van der Waals surface area (Å²) < 4.78 is 26.4. The number of carbonyl (C=O) groups excluding carboxylic acids is 1. The van der Waals surface area contributed by atoms with E-state index in [1.54, 1.807) is 0 Å². The van der Waals surface area contributed by atoms with Gasteiger partial charge in [0, 0.05) is 18.2 Å². The van der Waals surface area contributed by atoms with Gasteiger partial charge in [-0.3, -0.25) is 4.79 Å². The minimum absolute atomic E-state index is 0.0535. The molecule has 0 aliphatic rings. The number of hydrogen-bond donors (Lipinski definition) is 2. The Hall–Kier alpha value is -1.49. The predicted molar refractivity (Wildman–Crippen MR) is 70.5 cm³/mol. The number of nitrogens with two attached hydrogens (primary N) is 1. The normalized spacial score (nSPS) is 12.5. The van der Waals surface area contributed by atoms with Crippen molar-refractivity contribution in [1.82, 2.24) is 5.32 Å². The van der Waals surface area contributed by atoms with Gasteiger partial charge in [0.1, 0.15) is 0 Å². The van der Waals surface area contributed by atoms with E-state index in [0.717, 1.165) is 12.5 Å². The fourth-order valence-electron chi connectivity index (χ4n) is 1.92. The van der Waals surface area contributed by atoms with E-state index in [4.69, 9.17) is 5.73 Å². The van der Waals surface area contributed by atoms with Gasteiger partial charge in [0.2, 0.25) is 5.91 Å². The standard InChI is InChI=1S/C14H20F2N2O/c1-9(2)6-11(8-17)18-13(19)7-10-4-3-5-12(15)14(10)16/h3-5,9,11H,6-8,17H2,1-2H3,(H,18,19). The van der Waals surface area contributed by atoms with Crippen LogP contribution in [0, 0.1) is 17.6 Å². The zero-order valence-corrected chi connectivity index (χ0v) is 11.2. The fourth-order valence-corrected chi connectivity index (χ4v) is 1.92. The fraction of sp³-hybridized carbons (Fsp3) is 0.500. The van der Waals surface area contributed by atoms with Crippen molar-refractivity contribution in [2.75, 3.05) is 6.54 Å². The van der Waals surface area contributed by atoms with Crippen LogP contribution in [0.2, 0.25) is 0 Å². The minimum atomic E-state index is -0.967. The molecule has 1 atom stereocenters. The zero-order valence-electron chi connectivity index (χ0n) is 11.2. The molecule has 0 spiro atoms. The third kappa shape index (κ3) is 4.95. The molecule has 3 N–H and O–H groups in total. The molecule has 3 nitrogen and oxygen atoms in total. The summed E-state index contributed by atoms with van der Waals surface area (Å²) in [4.78, 5) is 11.8. The van der Waals surface area contributed by atoms with E-state index in [-0.39, 0.29) is 23.9 Å². The highest BCUT2D eigenvalue weighted by Crippen LogP contribution is 2.12. The monoisotopic (exact) mass is 270 g/mol. The summed E-state index contributed by atoms with van der Waals surface area (Å²) in [7, 11) is 0. The lowest BCUT2D eigenvalue weighted by Crippen LogP contribution is -2.41. The summed E-state index contributed by atoms with van der Waals surface area (Å²) in [6.07, 6.45) is 0.575. The van der Waals surface area contributed by atoms with Gasteiger partial charge in [0.25, 0.3) is 0 Å². The molecule has 0 fully saturated rings. The number of benzene rings is 1. The molecule has 0 radical (unpaired) electrons. The Bertz CT molecular complexity index is 435. The van der Waals surface area contributed by atoms with Gasteiger partial charge in [-0.15, -0.1) is 0 Å². The van der Waals surface area contributed by atoms with Crippen LogP contribution >= 0.6 is 0 Å². The van der Waals surface area contributed by atoms with Gasteiger partial charge in [-0.2, -0.15) is 0 Å². The Kier molecular flexibility index (Phi) is 5.89. The van der Waals surface area contributed by atoms with E-state index in [1.807, 2.05) is 13.8 Å². The van der Waals surface area contributed by atoms with Gasteiger partial charge >= 0.3 is 0 Å². The maximum atomic E-state index is 13.4. The van der Waals surface area contributed by atoms with Gasteiger partial charge in [0.15, 0.2) is 11.6 Å². The lowest BCUT2D eigenvalue weighted by Gasteiger charge is -2.18. The largest absolute Gasteiger partial charge is 0.352 e. The second-order valence-electron chi connectivity index (χ2n) is 5.02. The summed E-state index contributed by atoms with van der Waals surface area (Å²) in [6.45, 7) is 4.39. The van der Waals surface area contributed by atoms with Gasteiger partial charge in [0.05, 0.1) is 6.42 Å². The van der Waals surface area contributed by atoms with Crippen molar-refractivity contribution in [3.05, 3.63) is 35.4 Å². The number of hydrogen-bond acceptors (Lipinski definition) is 2. The highest BCUT2D eigenvalue weighted by Gasteiger charge is 2.15. The molecule has 0 saturated heterocycles. The highest BCUT2D eigenvalue weighted by atomic mass is 19.2. The van der Waals surface area contributed by atoms with E-state index < -0.39 is 11.6 Å². The molecule has 5 heteroatoms. The molecule has 0 aromatic heterocycles. The van der Waals surface area contributed by atoms with Crippen LogP contribution in [0.3, 0.4) is 0 Å². The number of halogens is 2. The molecule has 1 aromatic rings. The summed E-state index contributed by atoms with van der Waals surface area (Å²) in [5.41, 5.74) is 5.62. The average Bonchev–Trinajstić information content (AvgIpc) is 2.33. The van der Waals surface area contributed by atoms with Crippen molar-refractivity contribution in [2.45, 2.75) is 32.7 Å². The zero-order chi connectivity index (χ0) is 14.4. The predicted octanol–water partition coefficient (Wildman–Crippen LogP) is 2.00. The first-order valence-corrected chi connectivity index (χ1v) is 6.36. The van der Waals surface area contributed by atoms with Crippen molar-refractivity contribution < 1.29 is 13.6 Å². The van der Waals surface area contributed by atoms with Gasteiger partial charge in [-0.05, 0) is 18.4 Å². The first kappa shape index (κ1) is 15.6. The van der Waals surface area contributed by atoms with Gasteiger partial charge < -0.3 is 11.1 Å². The summed E-state index contributed by atoms with van der Waals surface area (Å²) in [6, 6.07) is 3.68. The highest BCUT2D eigenvalue weighted by molar-refractivity contribution is 5.78. The lowest BCUT2D eigenvalue weighted by molar-refractivity contribution is -0.121. The van der Waals surface area contributed by atoms with Crippen LogP contribution in [-0.2, 0) is 11.2 Å².